The number of hydrogen-bond acceptors (Lipinski definition) is 7. The SMILES string of the molecule is CCOC(C)c1nc(CN2CCN(c3cc(C)cnn3)CC2)cs1. The molecule has 0 aromatic carbocycles. The van der Waals surface area contributed by atoms with Crippen molar-refractivity contribution < 1.29 is 4.74 Å². The molecule has 0 spiro atoms. The van der Waals surface area contributed by atoms with Crippen molar-refractivity contribution in [3.05, 3.63) is 33.9 Å². The molecule has 1 unspecified atom stereocenters. The summed E-state index contributed by atoms with van der Waals surface area (Å²) in [6.45, 7) is 11.7. The summed E-state index contributed by atoms with van der Waals surface area (Å²) in [5.41, 5.74) is 2.30. The van der Waals surface area contributed by atoms with Crippen LogP contribution in [0.15, 0.2) is 17.6 Å². The summed E-state index contributed by atoms with van der Waals surface area (Å²) < 4.78 is 5.62. The van der Waals surface area contributed by atoms with Crippen LogP contribution in [0, 0.1) is 6.92 Å². The molecule has 0 radical (unpaired) electrons. The Kier molecular flexibility index (Phi) is 5.76. The molecule has 3 rings (SSSR count). The van der Waals surface area contributed by atoms with Gasteiger partial charge >= 0.3 is 0 Å². The van der Waals surface area contributed by atoms with Crippen molar-refractivity contribution in [2.75, 3.05) is 37.7 Å². The molecule has 24 heavy (non-hydrogen) atoms. The number of thiazole rings is 1. The van der Waals surface area contributed by atoms with Gasteiger partial charge < -0.3 is 9.64 Å². The molecule has 0 amide bonds. The van der Waals surface area contributed by atoms with E-state index in [0.717, 1.165) is 61.4 Å². The molecule has 1 aliphatic heterocycles. The van der Waals surface area contributed by atoms with Gasteiger partial charge in [-0.1, -0.05) is 0 Å². The minimum atomic E-state index is 0.0884. The highest BCUT2D eigenvalue weighted by molar-refractivity contribution is 7.09. The van der Waals surface area contributed by atoms with Crippen LogP contribution in [-0.2, 0) is 11.3 Å². The van der Waals surface area contributed by atoms with E-state index in [2.05, 4.69) is 45.3 Å². The molecule has 6 nitrogen and oxygen atoms in total. The molecule has 0 bridgehead atoms. The van der Waals surface area contributed by atoms with Crippen molar-refractivity contribution in [1.82, 2.24) is 20.1 Å². The molecule has 130 valence electrons. The smallest absolute Gasteiger partial charge is 0.151 e. The average Bonchev–Trinajstić information content (AvgIpc) is 3.04. The van der Waals surface area contributed by atoms with Crippen LogP contribution in [0.5, 0.6) is 0 Å². The molecule has 0 aliphatic carbocycles. The standard InChI is InChI=1S/C17H25N5OS/c1-4-23-14(3)17-19-15(12-24-17)11-21-5-7-22(8-6-21)16-9-13(2)10-18-20-16/h9-10,12,14H,4-8,11H2,1-3H3. The van der Waals surface area contributed by atoms with Crippen molar-refractivity contribution in [1.29, 1.82) is 0 Å². The summed E-state index contributed by atoms with van der Waals surface area (Å²) in [4.78, 5) is 9.48. The highest BCUT2D eigenvalue weighted by Gasteiger charge is 2.20. The molecular weight excluding hydrogens is 322 g/mol. The van der Waals surface area contributed by atoms with Crippen LogP contribution in [0.2, 0.25) is 0 Å². The molecule has 1 fully saturated rings. The van der Waals surface area contributed by atoms with E-state index in [1.807, 2.05) is 6.92 Å². The number of anilines is 1. The van der Waals surface area contributed by atoms with Crippen LogP contribution in [0.1, 0.15) is 36.2 Å². The van der Waals surface area contributed by atoms with Gasteiger partial charge in [-0.2, -0.15) is 5.10 Å². The minimum Gasteiger partial charge on any atom is -0.372 e. The van der Waals surface area contributed by atoms with Crippen LogP contribution in [0.3, 0.4) is 0 Å². The number of ether oxygens (including phenoxy) is 1. The normalized spacial score (nSPS) is 17.2. The molecule has 1 saturated heterocycles. The van der Waals surface area contributed by atoms with Crippen LogP contribution in [0.25, 0.3) is 0 Å². The summed E-state index contributed by atoms with van der Waals surface area (Å²) in [6.07, 6.45) is 1.88. The summed E-state index contributed by atoms with van der Waals surface area (Å²) in [5.74, 6) is 0.983. The van der Waals surface area contributed by atoms with Gasteiger partial charge in [0.1, 0.15) is 11.1 Å². The Morgan fingerprint density at radius 1 is 1.29 bits per heavy atom. The largest absolute Gasteiger partial charge is 0.372 e. The van der Waals surface area contributed by atoms with Crippen LogP contribution < -0.4 is 4.90 Å². The number of aryl methyl sites for hydroxylation is 1. The molecule has 7 heteroatoms. The lowest BCUT2D eigenvalue weighted by Crippen LogP contribution is -2.46. The first-order chi connectivity index (χ1) is 11.7. The van der Waals surface area contributed by atoms with E-state index < -0.39 is 0 Å². The Morgan fingerprint density at radius 3 is 2.79 bits per heavy atom. The van der Waals surface area contributed by atoms with E-state index in [-0.39, 0.29) is 6.10 Å². The quantitative estimate of drug-likeness (QED) is 0.801. The van der Waals surface area contributed by atoms with Gasteiger partial charge in [-0.15, -0.1) is 16.4 Å². The first kappa shape index (κ1) is 17.3. The second-order valence-corrected chi connectivity index (χ2v) is 7.02. The zero-order valence-corrected chi connectivity index (χ0v) is 15.4. The molecule has 2 aromatic rings. The van der Waals surface area contributed by atoms with Gasteiger partial charge in [0.25, 0.3) is 0 Å². The van der Waals surface area contributed by atoms with E-state index in [1.54, 1.807) is 17.5 Å². The third-order valence-corrected chi connectivity index (χ3v) is 5.25. The van der Waals surface area contributed by atoms with Crippen molar-refractivity contribution in [3.8, 4) is 0 Å². The van der Waals surface area contributed by atoms with Crippen LogP contribution in [-0.4, -0.2) is 52.9 Å². The zero-order valence-electron chi connectivity index (χ0n) is 14.6. The molecular formula is C17H25N5OS. The lowest BCUT2D eigenvalue weighted by molar-refractivity contribution is 0.0760. The van der Waals surface area contributed by atoms with Crippen molar-refractivity contribution >= 4 is 17.2 Å². The van der Waals surface area contributed by atoms with Gasteiger partial charge in [0.15, 0.2) is 5.82 Å². The van der Waals surface area contributed by atoms with Crippen LogP contribution in [0.4, 0.5) is 5.82 Å². The van der Waals surface area contributed by atoms with Gasteiger partial charge in [0.2, 0.25) is 0 Å². The fraction of sp³-hybridized carbons (Fsp3) is 0.588. The van der Waals surface area contributed by atoms with Gasteiger partial charge in [0, 0.05) is 44.7 Å². The molecule has 0 saturated carbocycles. The predicted molar refractivity (Wildman–Crippen MR) is 96.4 cm³/mol. The van der Waals surface area contributed by atoms with Crippen molar-refractivity contribution in [3.63, 3.8) is 0 Å². The van der Waals surface area contributed by atoms with E-state index in [4.69, 9.17) is 9.72 Å². The zero-order chi connectivity index (χ0) is 16.9. The maximum absolute atomic E-state index is 5.62. The molecule has 3 heterocycles. The van der Waals surface area contributed by atoms with E-state index in [1.165, 1.54) is 0 Å². The fourth-order valence-corrected chi connectivity index (χ4v) is 3.68. The lowest BCUT2D eigenvalue weighted by atomic mass is 10.2. The average molecular weight is 347 g/mol. The Hall–Kier alpha value is -1.57. The second-order valence-electron chi connectivity index (χ2n) is 6.13. The number of aromatic nitrogens is 3. The lowest BCUT2D eigenvalue weighted by Gasteiger charge is -2.34. The van der Waals surface area contributed by atoms with Gasteiger partial charge in [-0.05, 0) is 32.4 Å². The second kappa shape index (κ2) is 8.00. The Labute approximate surface area is 147 Å². The Morgan fingerprint density at radius 2 is 2.08 bits per heavy atom. The monoisotopic (exact) mass is 347 g/mol. The summed E-state index contributed by atoms with van der Waals surface area (Å²) >= 11 is 1.69. The minimum absolute atomic E-state index is 0.0884. The van der Waals surface area contributed by atoms with E-state index >= 15 is 0 Å². The van der Waals surface area contributed by atoms with Gasteiger partial charge in [-0.25, -0.2) is 4.98 Å². The molecule has 1 atom stereocenters. The Bertz CT molecular complexity index is 654. The summed E-state index contributed by atoms with van der Waals surface area (Å²) in [7, 11) is 0. The third kappa shape index (κ3) is 4.28. The first-order valence-corrected chi connectivity index (χ1v) is 9.36. The molecule has 0 N–H and O–H groups in total. The number of piperazine rings is 1. The van der Waals surface area contributed by atoms with Crippen molar-refractivity contribution in [2.24, 2.45) is 0 Å². The van der Waals surface area contributed by atoms with Crippen LogP contribution >= 0.6 is 11.3 Å². The number of rotatable bonds is 6. The summed E-state index contributed by atoms with van der Waals surface area (Å²) in [5, 5.41) is 11.5. The first-order valence-electron chi connectivity index (χ1n) is 8.48. The van der Waals surface area contributed by atoms with Crippen molar-refractivity contribution in [2.45, 2.75) is 33.4 Å². The summed E-state index contributed by atoms with van der Waals surface area (Å²) in [6, 6.07) is 2.10. The molecule has 1 aliphatic rings. The maximum atomic E-state index is 5.62. The predicted octanol–water partition coefficient (Wildman–Crippen LogP) is 2.66. The highest BCUT2D eigenvalue weighted by atomic mass is 32.1. The highest BCUT2D eigenvalue weighted by Crippen LogP contribution is 2.22. The Balaban J connectivity index is 1.52. The molecule has 2 aromatic heterocycles. The topological polar surface area (TPSA) is 54.4 Å². The number of nitrogens with zero attached hydrogens (tertiary/aromatic N) is 5. The van der Waals surface area contributed by atoms with E-state index in [0.29, 0.717) is 0 Å². The number of hydrogen-bond donors (Lipinski definition) is 0. The third-order valence-electron chi connectivity index (χ3n) is 4.19. The van der Waals surface area contributed by atoms with E-state index in [9.17, 15) is 0 Å². The fourth-order valence-electron chi connectivity index (χ4n) is 2.87. The van der Waals surface area contributed by atoms with Gasteiger partial charge in [-0.3, -0.25) is 4.90 Å². The van der Waals surface area contributed by atoms with Gasteiger partial charge in [0.05, 0.1) is 11.9 Å². The maximum Gasteiger partial charge on any atom is 0.151 e.